The van der Waals surface area contributed by atoms with Crippen LogP contribution in [0.4, 0.5) is 17.6 Å². The van der Waals surface area contributed by atoms with Crippen molar-refractivity contribution in [3.8, 4) is 11.1 Å². The van der Waals surface area contributed by atoms with Crippen molar-refractivity contribution in [2.24, 2.45) is 0 Å². The molecule has 0 aromatic heterocycles. The fourth-order valence-electron chi connectivity index (χ4n) is 2.03. The zero-order valence-corrected chi connectivity index (χ0v) is 10.3. The first kappa shape index (κ1) is 13.6. The van der Waals surface area contributed by atoms with E-state index in [1.165, 1.54) is 12.1 Å². The van der Waals surface area contributed by atoms with E-state index >= 15 is 0 Å². The molecular formula is C15H12F4. The Morgan fingerprint density at radius 2 is 1.32 bits per heavy atom. The third-order valence-electron chi connectivity index (χ3n) is 2.79. The van der Waals surface area contributed by atoms with E-state index in [0.29, 0.717) is 18.1 Å². The van der Waals surface area contributed by atoms with Crippen LogP contribution in [0.25, 0.3) is 11.1 Å². The van der Waals surface area contributed by atoms with E-state index in [9.17, 15) is 17.6 Å². The van der Waals surface area contributed by atoms with Crippen LogP contribution in [0.15, 0.2) is 30.3 Å². The Morgan fingerprint density at radius 1 is 0.789 bits per heavy atom. The molecule has 0 spiro atoms. The average molecular weight is 268 g/mol. The number of halogens is 4. The molecule has 2 aromatic carbocycles. The van der Waals surface area contributed by atoms with Crippen LogP contribution in [0.2, 0.25) is 0 Å². The van der Waals surface area contributed by atoms with Crippen molar-refractivity contribution in [2.75, 3.05) is 0 Å². The highest BCUT2D eigenvalue weighted by Crippen LogP contribution is 2.28. The van der Waals surface area contributed by atoms with Gasteiger partial charge in [0.25, 0.3) is 0 Å². The second-order valence-corrected chi connectivity index (χ2v) is 4.34. The number of rotatable bonds is 3. The summed E-state index contributed by atoms with van der Waals surface area (Å²) in [6.07, 6.45) is 1.30. The molecule has 2 aromatic rings. The van der Waals surface area contributed by atoms with Gasteiger partial charge in [-0.2, -0.15) is 0 Å². The molecule has 0 unspecified atom stereocenters. The highest BCUT2D eigenvalue weighted by Gasteiger charge is 2.15. The van der Waals surface area contributed by atoms with Crippen LogP contribution in [0, 0.1) is 23.3 Å². The van der Waals surface area contributed by atoms with E-state index in [2.05, 4.69) is 0 Å². The van der Waals surface area contributed by atoms with Crippen LogP contribution in [-0.2, 0) is 6.42 Å². The van der Waals surface area contributed by atoms with Crippen molar-refractivity contribution in [1.29, 1.82) is 0 Å². The van der Waals surface area contributed by atoms with E-state index in [4.69, 9.17) is 0 Å². The topological polar surface area (TPSA) is 0 Å². The fraction of sp³-hybridized carbons (Fsp3) is 0.200. The van der Waals surface area contributed by atoms with E-state index in [1.54, 1.807) is 0 Å². The molecule has 0 aliphatic heterocycles. The highest BCUT2D eigenvalue weighted by atomic mass is 19.1. The second-order valence-electron chi connectivity index (χ2n) is 4.34. The van der Waals surface area contributed by atoms with Crippen LogP contribution in [0.5, 0.6) is 0 Å². The summed E-state index contributed by atoms with van der Waals surface area (Å²) in [6.45, 7) is 1.89. The minimum Gasteiger partial charge on any atom is -0.207 e. The lowest BCUT2D eigenvalue weighted by molar-refractivity contribution is 0.576. The molecule has 0 nitrogen and oxygen atoms in total. The monoisotopic (exact) mass is 268 g/mol. The molecule has 2 rings (SSSR count). The molecule has 0 aliphatic carbocycles. The fourth-order valence-corrected chi connectivity index (χ4v) is 2.03. The summed E-state index contributed by atoms with van der Waals surface area (Å²) >= 11 is 0. The maximum absolute atomic E-state index is 13.9. The molecule has 0 bridgehead atoms. The molecule has 0 amide bonds. The Labute approximate surface area is 108 Å². The molecule has 100 valence electrons. The zero-order valence-electron chi connectivity index (χ0n) is 10.3. The lowest BCUT2D eigenvalue weighted by atomic mass is 10.0. The van der Waals surface area contributed by atoms with Gasteiger partial charge in [0.2, 0.25) is 0 Å². The molecule has 0 N–H and O–H groups in total. The smallest absolute Gasteiger partial charge is 0.134 e. The van der Waals surface area contributed by atoms with E-state index in [1.807, 2.05) is 6.92 Å². The molecular weight excluding hydrogens is 256 g/mol. The van der Waals surface area contributed by atoms with Crippen LogP contribution in [0.3, 0.4) is 0 Å². The van der Waals surface area contributed by atoms with Gasteiger partial charge in [0, 0.05) is 6.07 Å². The van der Waals surface area contributed by atoms with Crippen LogP contribution in [-0.4, -0.2) is 0 Å². The van der Waals surface area contributed by atoms with Crippen molar-refractivity contribution in [2.45, 2.75) is 19.8 Å². The summed E-state index contributed by atoms with van der Waals surface area (Å²) in [7, 11) is 0. The standard InChI is InChI=1S/C15H12F4/c1-2-3-9-4-13(18)15(14(19)5-9)10-6-11(16)8-12(17)7-10/h4-8H,2-3H2,1H3. The lowest BCUT2D eigenvalue weighted by Gasteiger charge is -2.08. The number of aryl methyl sites for hydroxylation is 1. The minimum atomic E-state index is -0.869. The van der Waals surface area contributed by atoms with Gasteiger partial charge in [0.1, 0.15) is 23.3 Å². The van der Waals surface area contributed by atoms with Crippen molar-refractivity contribution in [1.82, 2.24) is 0 Å². The molecule has 19 heavy (non-hydrogen) atoms. The van der Waals surface area contributed by atoms with E-state index in [0.717, 1.165) is 18.6 Å². The SMILES string of the molecule is CCCc1cc(F)c(-c2cc(F)cc(F)c2)c(F)c1. The maximum atomic E-state index is 13.9. The van der Waals surface area contributed by atoms with Crippen molar-refractivity contribution >= 4 is 0 Å². The van der Waals surface area contributed by atoms with Crippen LogP contribution in [0.1, 0.15) is 18.9 Å². The Hall–Kier alpha value is -1.84. The van der Waals surface area contributed by atoms with Gasteiger partial charge in [-0.1, -0.05) is 13.3 Å². The minimum absolute atomic E-state index is 0.143. The van der Waals surface area contributed by atoms with Gasteiger partial charge in [0.15, 0.2) is 0 Å². The predicted molar refractivity (Wildman–Crippen MR) is 65.7 cm³/mol. The molecule has 0 saturated carbocycles. The molecule has 0 heterocycles. The summed E-state index contributed by atoms with van der Waals surface area (Å²) < 4.78 is 54.0. The van der Waals surface area contributed by atoms with Crippen molar-refractivity contribution < 1.29 is 17.6 Å². The van der Waals surface area contributed by atoms with Gasteiger partial charge >= 0.3 is 0 Å². The molecule has 0 atom stereocenters. The summed E-state index contributed by atoms with van der Waals surface area (Å²) in [6, 6.07) is 4.87. The Bertz CT molecular complexity index is 562. The first-order valence-corrected chi connectivity index (χ1v) is 5.95. The van der Waals surface area contributed by atoms with E-state index < -0.39 is 28.8 Å². The number of hydrogen-bond donors (Lipinski definition) is 0. The Morgan fingerprint density at radius 3 is 1.79 bits per heavy atom. The molecule has 0 saturated heterocycles. The molecule has 4 heteroatoms. The summed E-state index contributed by atoms with van der Waals surface area (Å²) in [5.41, 5.74) is -0.0214. The summed E-state index contributed by atoms with van der Waals surface area (Å²) in [4.78, 5) is 0. The first-order chi connectivity index (χ1) is 9.01. The average Bonchev–Trinajstić information content (AvgIpc) is 2.26. The van der Waals surface area contributed by atoms with E-state index in [-0.39, 0.29) is 5.56 Å². The molecule has 0 fully saturated rings. The van der Waals surface area contributed by atoms with Gasteiger partial charge in [-0.05, 0) is 41.8 Å². The maximum Gasteiger partial charge on any atom is 0.134 e. The quantitative estimate of drug-likeness (QED) is 0.697. The Balaban J connectivity index is 2.56. The van der Waals surface area contributed by atoms with Crippen molar-refractivity contribution in [3.63, 3.8) is 0 Å². The van der Waals surface area contributed by atoms with Gasteiger partial charge in [-0.3, -0.25) is 0 Å². The van der Waals surface area contributed by atoms with Gasteiger partial charge in [0.05, 0.1) is 5.56 Å². The second kappa shape index (κ2) is 5.43. The third-order valence-corrected chi connectivity index (χ3v) is 2.79. The largest absolute Gasteiger partial charge is 0.207 e. The first-order valence-electron chi connectivity index (χ1n) is 5.95. The van der Waals surface area contributed by atoms with Gasteiger partial charge in [-0.25, -0.2) is 17.6 Å². The van der Waals surface area contributed by atoms with Crippen LogP contribution < -0.4 is 0 Å². The number of hydrogen-bond acceptors (Lipinski definition) is 0. The molecule has 0 radical (unpaired) electrons. The lowest BCUT2D eigenvalue weighted by Crippen LogP contribution is -1.95. The predicted octanol–water partition coefficient (Wildman–Crippen LogP) is 4.86. The summed E-state index contributed by atoms with van der Waals surface area (Å²) in [5.74, 6) is -3.36. The van der Waals surface area contributed by atoms with Crippen molar-refractivity contribution in [3.05, 3.63) is 59.2 Å². The number of benzene rings is 2. The van der Waals surface area contributed by atoms with Gasteiger partial charge < -0.3 is 0 Å². The zero-order chi connectivity index (χ0) is 14.0. The normalized spacial score (nSPS) is 10.8. The highest BCUT2D eigenvalue weighted by molar-refractivity contribution is 5.65. The summed E-state index contributed by atoms with van der Waals surface area (Å²) in [5, 5.41) is 0. The molecule has 0 aliphatic rings. The van der Waals surface area contributed by atoms with Gasteiger partial charge in [-0.15, -0.1) is 0 Å². The van der Waals surface area contributed by atoms with Crippen LogP contribution >= 0.6 is 0 Å². The third kappa shape index (κ3) is 2.95. The Kier molecular flexibility index (Phi) is 3.88.